The minimum absolute atomic E-state index is 0.236. The molecule has 2 amide bonds. The van der Waals surface area contributed by atoms with Crippen LogP contribution in [0.15, 0.2) is 29.4 Å². The summed E-state index contributed by atoms with van der Waals surface area (Å²) in [6.45, 7) is 4.01. The Labute approximate surface area is 202 Å². The van der Waals surface area contributed by atoms with E-state index >= 15 is 0 Å². The van der Waals surface area contributed by atoms with Crippen molar-refractivity contribution in [2.45, 2.75) is 69.9 Å². The number of hydrogen-bond acceptors (Lipinski definition) is 6. The number of allylic oxidation sites excluding steroid dienone is 2. The molecule has 0 radical (unpaired) electrons. The Morgan fingerprint density at radius 2 is 1.97 bits per heavy atom. The maximum atomic E-state index is 13.6. The zero-order valence-electron chi connectivity index (χ0n) is 20.5. The number of carbonyl (C=O) groups is 2. The van der Waals surface area contributed by atoms with Crippen LogP contribution in [-0.4, -0.2) is 72.6 Å². The molecule has 0 aromatic rings. The van der Waals surface area contributed by atoms with E-state index in [2.05, 4.69) is 21.6 Å². The molecule has 2 heterocycles. The highest BCUT2D eigenvalue weighted by Crippen LogP contribution is 2.29. The van der Waals surface area contributed by atoms with Crippen molar-refractivity contribution < 1.29 is 14.3 Å². The first kappa shape index (κ1) is 25.8. The number of guanidine groups is 1. The van der Waals surface area contributed by atoms with Crippen LogP contribution in [-0.2, 0) is 9.53 Å². The summed E-state index contributed by atoms with van der Waals surface area (Å²) in [4.78, 5) is 34.6. The lowest BCUT2D eigenvalue weighted by Gasteiger charge is -2.37. The Balaban J connectivity index is 1.85. The molecule has 1 saturated carbocycles. The highest BCUT2D eigenvalue weighted by Gasteiger charge is 2.38. The Hall–Kier alpha value is -2.86. The highest BCUT2D eigenvalue weighted by molar-refractivity contribution is 5.96. The fourth-order valence-corrected chi connectivity index (χ4v) is 4.75. The second kappa shape index (κ2) is 12.6. The molecule has 1 unspecified atom stereocenters. The fourth-order valence-electron chi connectivity index (χ4n) is 4.75. The predicted octanol–water partition coefficient (Wildman–Crippen LogP) is 2.92. The second-order valence-electron chi connectivity index (χ2n) is 9.46. The van der Waals surface area contributed by atoms with E-state index in [-0.39, 0.29) is 18.5 Å². The van der Waals surface area contributed by atoms with Gasteiger partial charge in [0.25, 0.3) is 0 Å². The average molecular weight is 471 g/mol. The van der Waals surface area contributed by atoms with Gasteiger partial charge >= 0.3 is 6.09 Å². The van der Waals surface area contributed by atoms with Crippen LogP contribution in [0.4, 0.5) is 4.79 Å². The third-order valence-corrected chi connectivity index (χ3v) is 6.86. The molecule has 0 aromatic carbocycles. The van der Waals surface area contributed by atoms with E-state index in [9.17, 15) is 14.9 Å². The van der Waals surface area contributed by atoms with Gasteiger partial charge in [-0.1, -0.05) is 44.3 Å². The quantitative estimate of drug-likeness (QED) is 0.456. The number of amides is 2. The summed E-state index contributed by atoms with van der Waals surface area (Å²) in [6, 6.07) is 1.66. The molecule has 2 N–H and O–H groups in total. The molecule has 0 spiro atoms. The van der Waals surface area contributed by atoms with E-state index in [1.165, 1.54) is 6.42 Å². The average Bonchev–Trinajstić information content (AvgIpc) is 2.86. The third kappa shape index (κ3) is 7.32. The molecule has 2 aliphatic heterocycles. The SMILES string of the molecule is CCOC(=O)NC(=NC(CC1CCCCC1)C(=O)NC1(C#N)CCN(C)CC1)N1C=CC=CC1. The lowest BCUT2D eigenvalue weighted by Crippen LogP contribution is -2.56. The Bertz CT molecular complexity index is 832. The molecule has 1 atom stereocenters. The number of nitriles is 1. The number of likely N-dealkylation sites (tertiary alicyclic amines) is 1. The maximum absolute atomic E-state index is 13.6. The van der Waals surface area contributed by atoms with Crippen molar-refractivity contribution >= 4 is 18.0 Å². The number of rotatable bonds is 6. The molecular weight excluding hydrogens is 432 g/mol. The van der Waals surface area contributed by atoms with E-state index in [4.69, 9.17) is 9.73 Å². The molecule has 1 aliphatic carbocycles. The number of aliphatic imine (C=N–C) groups is 1. The number of hydrogen-bond donors (Lipinski definition) is 2. The van der Waals surface area contributed by atoms with Crippen molar-refractivity contribution in [1.29, 1.82) is 5.26 Å². The second-order valence-corrected chi connectivity index (χ2v) is 9.46. The first-order valence-corrected chi connectivity index (χ1v) is 12.5. The van der Waals surface area contributed by atoms with Crippen LogP contribution in [0, 0.1) is 17.2 Å². The molecule has 0 aromatic heterocycles. The van der Waals surface area contributed by atoms with E-state index in [1.807, 2.05) is 31.5 Å². The molecule has 2 fully saturated rings. The third-order valence-electron chi connectivity index (χ3n) is 6.86. The van der Waals surface area contributed by atoms with Gasteiger partial charge in [-0.15, -0.1) is 0 Å². The van der Waals surface area contributed by atoms with Gasteiger partial charge in [-0.2, -0.15) is 5.26 Å². The number of alkyl carbamates (subject to hydrolysis) is 1. The van der Waals surface area contributed by atoms with Gasteiger partial charge in [0, 0.05) is 25.8 Å². The van der Waals surface area contributed by atoms with Gasteiger partial charge in [0.05, 0.1) is 12.7 Å². The zero-order valence-corrected chi connectivity index (χ0v) is 20.5. The number of piperidine rings is 1. The van der Waals surface area contributed by atoms with Crippen LogP contribution < -0.4 is 10.6 Å². The molecule has 1 saturated heterocycles. The summed E-state index contributed by atoms with van der Waals surface area (Å²) in [6.07, 6.45) is 14.4. The van der Waals surface area contributed by atoms with Crippen molar-refractivity contribution in [2.75, 3.05) is 33.3 Å². The first-order chi connectivity index (χ1) is 16.4. The summed E-state index contributed by atoms with van der Waals surface area (Å²) < 4.78 is 5.07. The van der Waals surface area contributed by atoms with E-state index < -0.39 is 17.7 Å². The molecular formula is C25H38N6O3. The van der Waals surface area contributed by atoms with Gasteiger partial charge in [-0.25, -0.2) is 9.79 Å². The molecule has 0 bridgehead atoms. The molecule has 34 heavy (non-hydrogen) atoms. The number of carbonyl (C=O) groups excluding carboxylic acids is 2. The standard InChI is InChI=1S/C25H38N6O3/c1-3-34-24(33)28-23(31-14-8-5-9-15-31)27-21(18-20-10-6-4-7-11-20)22(32)29-25(19-26)12-16-30(2)17-13-25/h5,8-9,14,20-21H,3-4,6-7,10-13,15-18H2,1-2H3,(H,29,32)(H,27,28,33). The summed E-state index contributed by atoms with van der Waals surface area (Å²) >= 11 is 0. The number of nitrogens with one attached hydrogen (secondary N) is 2. The summed E-state index contributed by atoms with van der Waals surface area (Å²) in [5.74, 6) is 0.421. The fraction of sp³-hybridized carbons (Fsp3) is 0.680. The molecule has 186 valence electrons. The van der Waals surface area contributed by atoms with Crippen LogP contribution in [0.25, 0.3) is 0 Å². The first-order valence-electron chi connectivity index (χ1n) is 12.5. The van der Waals surface area contributed by atoms with Crippen molar-refractivity contribution in [3.8, 4) is 6.07 Å². The van der Waals surface area contributed by atoms with Gasteiger partial charge < -0.3 is 19.9 Å². The molecule has 3 rings (SSSR count). The number of ether oxygens (including phenoxy) is 1. The van der Waals surface area contributed by atoms with Crippen LogP contribution >= 0.6 is 0 Å². The van der Waals surface area contributed by atoms with E-state index in [0.29, 0.717) is 31.7 Å². The van der Waals surface area contributed by atoms with E-state index in [1.54, 1.807) is 11.8 Å². The summed E-state index contributed by atoms with van der Waals surface area (Å²) in [5.41, 5.74) is -0.883. The lowest BCUT2D eigenvalue weighted by atomic mass is 9.84. The van der Waals surface area contributed by atoms with Crippen molar-refractivity contribution in [3.63, 3.8) is 0 Å². The Morgan fingerprint density at radius 1 is 1.24 bits per heavy atom. The maximum Gasteiger partial charge on any atom is 0.413 e. The van der Waals surface area contributed by atoms with Crippen LogP contribution in [0.5, 0.6) is 0 Å². The van der Waals surface area contributed by atoms with E-state index in [0.717, 1.165) is 38.8 Å². The molecule has 3 aliphatic rings. The normalized spacial score (nSPS) is 22.0. The smallest absolute Gasteiger partial charge is 0.413 e. The van der Waals surface area contributed by atoms with Crippen molar-refractivity contribution in [3.05, 3.63) is 24.4 Å². The summed E-state index contributed by atoms with van der Waals surface area (Å²) in [7, 11) is 2.02. The monoisotopic (exact) mass is 470 g/mol. The minimum atomic E-state index is -0.883. The zero-order chi connectivity index (χ0) is 24.4. The minimum Gasteiger partial charge on any atom is -0.450 e. The predicted molar refractivity (Wildman–Crippen MR) is 131 cm³/mol. The van der Waals surface area contributed by atoms with Gasteiger partial charge in [0.1, 0.15) is 11.6 Å². The van der Waals surface area contributed by atoms with Crippen molar-refractivity contribution in [1.82, 2.24) is 20.4 Å². The van der Waals surface area contributed by atoms with Crippen LogP contribution in [0.3, 0.4) is 0 Å². The lowest BCUT2D eigenvalue weighted by molar-refractivity contribution is -0.124. The van der Waals surface area contributed by atoms with Gasteiger partial charge in [0.15, 0.2) is 0 Å². The van der Waals surface area contributed by atoms with Crippen molar-refractivity contribution in [2.24, 2.45) is 10.9 Å². The van der Waals surface area contributed by atoms with Crippen LogP contribution in [0.2, 0.25) is 0 Å². The summed E-state index contributed by atoms with van der Waals surface area (Å²) in [5, 5.41) is 15.7. The van der Waals surface area contributed by atoms with Gasteiger partial charge in [0.2, 0.25) is 11.9 Å². The van der Waals surface area contributed by atoms with Gasteiger partial charge in [-0.05, 0) is 45.2 Å². The highest BCUT2D eigenvalue weighted by atomic mass is 16.5. The Kier molecular flexibility index (Phi) is 9.52. The molecule has 9 nitrogen and oxygen atoms in total. The van der Waals surface area contributed by atoms with Crippen LogP contribution in [0.1, 0.15) is 58.3 Å². The number of nitrogens with zero attached hydrogens (tertiary/aromatic N) is 4. The Morgan fingerprint density at radius 3 is 2.59 bits per heavy atom. The largest absolute Gasteiger partial charge is 0.450 e. The molecule has 9 heteroatoms. The topological polar surface area (TPSA) is 110 Å². The van der Waals surface area contributed by atoms with Gasteiger partial charge in [-0.3, -0.25) is 10.1 Å².